The van der Waals surface area contributed by atoms with Crippen LogP contribution in [0.15, 0.2) is 60.9 Å². The smallest absolute Gasteiger partial charge is 0.168 e. The third kappa shape index (κ3) is 4.28. The molecule has 1 aliphatic rings. The fourth-order valence-corrected chi connectivity index (χ4v) is 2.96. The van der Waals surface area contributed by atoms with Gasteiger partial charge in [-0.1, -0.05) is 36.4 Å². The van der Waals surface area contributed by atoms with Crippen LogP contribution in [0.1, 0.15) is 36.8 Å². The van der Waals surface area contributed by atoms with Gasteiger partial charge in [0.15, 0.2) is 12.4 Å². The molecule has 1 aromatic heterocycles. The molecule has 0 N–H and O–H groups in total. The first-order valence-electron chi connectivity index (χ1n) is 7.65. The summed E-state index contributed by atoms with van der Waals surface area (Å²) in [4.78, 5) is 0. The first kappa shape index (κ1) is 16.0. The highest BCUT2D eigenvalue weighted by atomic mass is 79.9. The monoisotopic (exact) mass is 343 g/mol. The number of allylic oxidation sites excluding steroid dienone is 2. The first-order chi connectivity index (χ1) is 9.93. The molecule has 0 spiro atoms. The van der Waals surface area contributed by atoms with Gasteiger partial charge in [-0.2, -0.15) is 0 Å². The Morgan fingerprint density at radius 2 is 1.67 bits per heavy atom. The summed E-state index contributed by atoms with van der Waals surface area (Å²) in [6, 6.07) is 15.1. The van der Waals surface area contributed by atoms with Crippen LogP contribution in [0.25, 0.3) is 5.57 Å². The number of fused-ring (bicyclic) bond motifs is 1. The number of hydrogen-bond donors (Lipinski definition) is 0. The zero-order chi connectivity index (χ0) is 13.6. The van der Waals surface area contributed by atoms with Gasteiger partial charge in [0.05, 0.1) is 0 Å². The van der Waals surface area contributed by atoms with Gasteiger partial charge in [0.2, 0.25) is 0 Å². The predicted molar refractivity (Wildman–Crippen MR) is 83.2 cm³/mol. The Morgan fingerprint density at radius 1 is 0.857 bits per heavy atom. The summed E-state index contributed by atoms with van der Waals surface area (Å²) in [7, 11) is 0. The lowest BCUT2D eigenvalue weighted by atomic mass is 10.0. The molecule has 0 fully saturated rings. The third-order valence-corrected chi connectivity index (χ3v) is 4.07. The van der Waals surface area contributed by atoms with E-state index >= 15 is 0 Å². The van der Waals surface area contributed by atoms with Gasteiger partial charge in [-0.15, -0.1) is 0 Å². The van der Waals surface area contributed by atoms with Crippen LogP contribution < -0.4 is 21.5 Å². The predicted octanol–water partition coefficient (Wildman–Crippen LogP) is 1.18. The van der Waals surface area contributed by atoms with Crippen LogP contribution >= 0.6 is 0 Å². The summed E-state index contributed by atoms with van der Waals surface area (Å²) in [5.41, 5.74) is 4.56. The Bertz CT molecular complexity index is 590. The van der Waals surface area contributed by atoms with Crippen molar-refractivity contribution in [2.75, 3.05) is 0 Å². The van der Waals surface area contributed by atoms with Crippen LogP contribution in [0.4, 0.5) is 0 Å². The number of halogens is 1. The van der Waals surface area contributed by atoms with Gasteiger partial charge in [0.25, 0.3) is 0 Å². The van der Waals surface area contributed by atoms with E-state index in [9.17, 15) is 0 Å². The van der Waals surface area contributed by atoms with Crippen molar-refractivity contribution in [1.82, 2.24) is 0 Å². The molecule has 0 bridgehead atoms. The highest BCUT2D eigenvalue weighted by Crippen LogP contribution is 2.30. The fraction of sp³-hybridized carbons (Fsp3) is 0.316. The van der Waals surface area contributed by atoms with Gasteiger partial charge in [-0.05, 0) is 42.4 Å². The third-order valence-electron chi connectivity index (χ3n) is 4.07. The molecule has 0 unspecified atom stereocenters. The van der Waals surface area contributed by atoms with Crippen molar-refractivity contribution in [3.63, 3.8) is 0 Å². The Hall–Kier alpha value is -1.41. The summed E-state index contributed by atoms with van der Waals surface area (Å²) < 4.78 is 2.27. The molecule has 0 saturated heterocycles. The normalized spacial score (nSPS) is 12.5. The Morgan fingerprint density at radius 3 is 2.52 bits per heavy atom. The van der Waals surface area contributed by atoms with E-state index in [1.807, 2.05) is 0 Å². The first-order valence-corrected chi connectivity index (χ1v) is 7.65. The van der Waals surface area contributed by atoms with E-state index in [0.29, 0.717) is 0 Å². The van der Waals surface area contributed by atoms with E-state index in [-0.39, 0.29) is 17.0 Å². The van der Waals surface area contributed by atoms with Gasteiger partial charge in [0.1, 0.15) is 6.54 Å². The summed E-state index contributed by atoms with van der Waals surface area (Å²) in [5, 5.41) is 0. The van der Waals surface area contributed by atoms with Gasteiger partial charge < -0.3 is 17.0 Å². The molecule has 1 aliphatic carbocycles. The second-order valence-corrected chi connectivity index (χ2v) is 5.51. The van der Waals surface area contributed by atoms with Crippen LogP contribution in [0.5, 0.6) is 0 Å². The van der Waals surface area contributed by atoms with Crippen molar-refractivity contribution in [3.8, 4) is 0 Å². The maximum atomic E-state index is 2.41. The quantitative estimate of drug-likeness (QED) is 0.547. The van der Waals surface area contributed by atoms with Crippen molar-refractivity contribution in [2.24, 2.45) is 0 Å². The van der Waals surface area contributed by atoms with Crippen molar-refractivity contribution in [3.05, 3.63) is 72.1 Å². The molecule has 110 valence electrons. The number of aromatic nitrogens is 1. The van der Waals surface area contributed by atoms with Gasteiger partial charge in [-0.25, -0.2) is 4.57 Å². The SMILES string of the molecule is C1=C(CCCCC[n+]2ccccc2)c2ccccc2C1.[Br-]. The second-order valence-electron chi connectivity index (χ2n) is 5.51. The number of unbranched alkanes of at least 4 members (excludes halogenated alkanes) is 2. The van der Waals surface area contributed by atoms with Gasteiger partial charge in [-0.3, -0.25) is 0 Å². The minimum Gasteiger partial charge on any atom is -1.00 e. The molecule has 0 amide bonds. The molecule has 1 aromatic carbocycles. The van der Waals surface area contributed by atoms with Gasteiger partial charge >= 0.3 is 0 Å². The van der Waals surface area contributed by atoms with Crippen LogP contribution in [-0.2, 0) is 13.0 Å². The lowest BCUT2D eigenvalue weighted by Crippen LogP contribution is -3.00. The van der Waals surface area contributed by atoms with E-state index in [1.165, 1.54) is 36.8 Å². The number of hydrogen-bond acceptors (Lipinski definition) is 0. The Balaban J connectivity index is 0.00000161. The van der Waals surface area contributed by atoms with Crippen molar-refractivity contribution in [2.45, 2.75) is 38.6 Å². The number of nitrogens with zero attached hydrogens (tertiary/aromatic N) is 1. The molecule has 21 heavy (non-hydrogen) atoms. The number of rotatable bonds is 6. The van der Waals surface area contributed by atoms with E-state index in [2.05, 4.69) is 65.5 Å². The van der Waals surface area contributed by atoms with Crippen LogP contribution in [-0.4, -0.2) is 0 Å². The zero-order valence-electron chi connectivity index (χ0n) is 12.3. The topological polar surface area (TPSA) is 3.88 Å². The minimum absolute atomic E-state index is 0. The molecular formula is C19H22BrN. The average molecular weight is 344 g/mol. The summed E-state index contributed by atoms with van der Waals surface area (Å²) in [5.74, 6) is 0. The van der Waals surface area contributed by atoms with E-state index in [1.54, 1.807) is 5.57 Å². The molecule has 0 radical (unpaired) electrons. The van der Waals surface area contributed by atoms with Crippen molar-refractivity contribution in [1.29, 1.82) is 0 Å². The fourth-order valence-electron chi connectivity index (χ4n) is 2.96. The number of aryl methyl sites for hydroxylation is 1. The molecule has 0 saturated carbocycles. The molecule has 2 aromatic rings. The van der Waals surface area contributed by atoms with Crippen LogP contribution in [0.2, 0.25) is 0 Å². The van der Waals surface area contributed by atoms with E-state index in [0.717, 1.165) is 13.0 Å². The van der Waals surface area contributed by atoms with Crippen molar-refractivity contribution >= 4 is 5.57 Å². The lowest BCUT2D eigenvalue weighted by Gasteiger charge is -2.05. The minimum atomic E-state index is 0. The van der Waals surface area contributed by atoms with Crippen LogP contribution in [0.3, 0.4) is 0 Å². The Kier molecular flexibility index (Phi) is 6.19. The maximum Gasteiger partial charge on any atom is 0.168 e. The van der Waals surface area contributed by atoms with Crippen LogP contribution in [0, 0.1) is 0 Å². The maximum absolute atomic E-state index is 2.41. The Labute approximate surface area is 138 Å². The summed E-state index contributed by atoms with van der Waals surface area (Å²) in [6.45, 7) is 1.14. The lowest BCUT2D eigenvalue weighted by molar-refractivity contribution is -0.697. The number of pyridine rings is 1. The average Bonchev–Trinajstić information content (AvgIpc) is 2.91. The second kappa shape index (κ2) is 8.14. The molecule has 3 rings (SSSR count). The van der Waals surface area contributed by atoms with Crippen molar-refractivity contribution < 1.29 is 21.5 Å². The summed E-state index contributed by atoms with van der Waals surface area (Å²) in [6.07, 6.45) is 12.9. The van der Waals surface area contributed by atoms with Gasteiger partial charge in [0, 0.05) is 18.6 Å². The molecule has 0 atom stereocenters. The van der Waals surface area contributed by atoms with E-state index in [4.69, 9.17) is 0 Å². The standard InChI is InChI=1S/C19H22N.BrH/c1(6-14-20-15-7-2-8-16-20)3-9-17-12-13-18-10-4-5-11-19(17)18;/h2,4-5,7-8,10-12,15-16H,1,3,6,9,13-14H2;1H/q+1;/p-1. The largest absolute Gasteiger partial charge is 1.00 e. The summed E-state index contributed by atoms with van der Waals surface area (Å²) >= 11 is 0. The molecule has 0 aliphatic heterocycles. The molecule has 2 heteroatoms. The highest BCUT2D eigenvalue weighted by Gasteiger charge is 2.12. The zero-order valence-corrected chi connectivity index (χ0v) is 13.9. The highest BCUT2D eigenvalue weighted by molar-refractivity contribution is 5.72. The number of benzene rings is 1. The molecular weight excluding hydrogens is 322 g/mol. The molecule has 1 heterocycles. The van der Waals surface area contributed by atoms with E-state index < -0.39 is 0 Å². The molecule has 1 nitrogen and oxygen atoms in total.